The van der Waals surface area contributed by atoms with Gasteiger partial charge in [-0.3, -0.25) is 15.4 Å². The van der Waals surface area contributed by atoms with E-state index >= 15 is 0 Å². The Kier molecular flexibility index (Phi) is 1.07. The molecule has 3 amide bonds. The van der Waals surface area contributed by atoms with E-state index in [9.17, 15) is 9.59 Å². The number of amidine groups is 1. The molecule has 1 atom stereocenters. The van der Waals surface area contributed by atoms with Crippen LogP contribution in [0.5, 0.6) is 0 Å². The van der Waals surface area contributed by atoms with E-state index in [0.29, 0.717) is 5.84 Å². The summed E-state index contributed by atoms with van der Waals surface area (Å²) in [4.78, 5) is 21.6. The molecule has 1 saturated heterocycles. The van der Waals surface area contributed by atoms with Gasteiger partial charge >= 0.3 is 6.03 Å². The SMILES string of the molecule is O=C1NC(=O)[C@@H]2NNN=C2N1. The Bertz CT molecular complexity index is 259. The topological polar surface area (TPSA) is 94.6 Å². The summed E-state index contributed by atoms with van der Waals surface area (Å²) in [6.07, 6.45) is 0. The lowest BCUT2D eigenvalue weighted by Crippen LogP contribution is -2.61. The van der Waals surface area contributed by atoms with Crippen LogP contribution in [0.15, 0.2) is 5.10 Å². The summed E-state index contributed by atoms with van der Waals surface area (Å²) in [6, 6.07) is -1.12. The van der Waals surface area contributed by atoms with Crippen molar-refractivity contribution in [2.75, 3.05) is 0 Å². The van der Waals surface area contributed by atoms with Gasteiger partial charge in [0.1, 0.15) is 0 Å². The summed E-state index contributed by atoms with van der Waals surface area (Å²) in [6.45, 7) is 0. The van der Waals surface area contributed by atoms with E-state index in [1.54, 1.807) is 0 Å². The van der Waals surface area contributed by atoms with E-state index in [-0.39, 0.29) is 0 Å². The van der Waals surface area contributed by atoms with E-state index in [1.807, 2.05) is 0 Å². The molecule has 4 N–H and O–H groups in total. The monoisotopic (exact) mass is 155 g/mol. The van der Waals surface area contributed by atoms with Gasteiger partial charge in [-0.2, -0.15) is 0 Å². The first kappa shape index (κ1) is 6.10. The fourth-order valence-electron chi connectivity index (χ4n) is 0.911. The van der Waals surface area contributed by atoms with Crippen molar-refractivity contribution in [2.24, 2.45) is 5.10 Å². The van der Waals surface area contributed by atoms with Gasteiger partial charge in [0.05, 0.1) is 0 Å². The second kappa shape index (κ2) is 1.92. The standard InChI is InChI=1S/C4H5N5O2/c10-3-1-2(8-9-7-1)5-4(11)6-3/h1,7,9H,(H2,5,6,8,10,11)/t1-/m1/s1. The quantitative estimate of drug-likeness (QED) is 0.314. The lowest BCUT2D eigenvalue weighted by Gasteiger charge is -2.17. The molecule has 2 heterocycles. The van der Waals surface area contributed by atoms with E-state index in [0.717, 1.165) is 0 Å². The third kappa shape index (κ3) is 0.819. The summed E-state index contributed by atoms with van der Waals surface area (Å²) in [5.41, 5.74) is 4.93. The zero-order valence-corrected chi connectivity index (χ0v) is 5.34. The zero-order valence-electron chi connectivity index (χ0n) is 5.34. The van der Waals surface area contributed by atoms with Gasteiger partial charge in [-0.1, -0.05) is 0 Å². The van der Waals surface area contributed by atoms with Crippen LogP contribution in [0, 0.1) is 0 Å². The highest BCUT2D eigenvalue weighted by Gasteiger charge is 2.35. The van der Waals surface area contributed by atoms with Gasteiger partial charge < -0.3 is 0 Å². The summed E-state index contributed by atoms with van der Waals surface area (Å²) in [5, 5.41) is 8.06. The van der Waals surface area contributed by atoms with E-state index in [1.165, 1.54) is 0 Å². The number of carbonyl (C=O) groups is 2. The van der Waals surface area contributed by atoms with E-state index in [2.05, 4.69) is 26.7 Å². The van der Waals surface area contributed by atoms with Gasteiger partial charge in [0.25, 0.3) is 5.91 Å². The van der Waals surface area contributed by atoms with Gasteiger partial charge in [-0.05, 0) is 0 Å². The lowest BCUT2D eigenvalue weighted by atomic mass is 10.2. The number of fused-ring (bicyclic) bond motifs is 1. The average molecular weight is 155 g/mol. The maximum Gasteiger partial charge on any atom is 0.326 e. The highest BCUT2D eigenvalue weighted by molar-refractivity contribution is 6.21. The molecular weight excluding hydrogens is 150 g/mol. The van der Waals surface area contributed by atoms with Gasteiger partial charge in [0.2, 0.25) is 0 Å². The van der Waals surface area contributed by atoms with Crippen LogP contribution in [0.1, 0.15) is 0 Å². The lowest BCUT2D eigenvalue weighted by molar-refractivity contribution is -0.120. The summed E-state index contributed by atoms with van der Waals surface area (Å²) >= 11 is 0. The number of urea groups is 1. The van der Waals surface area contributed by atoms with Crippen LogP contribution >= 0.6 is 0 Å². The van der Waals surface area contributed by atoms with E-state index < -0.39 is 18.0 Å². The zero-order chi connectivity index (χ0) is 7.84. The summed E-state index contributed by atoms with van der Waals surface area (Å²) < 4.78 is 0. The van der Waals surface area contributed by atoms with Crippen LogP contribution < -0.4 is 21.6 Å². The molecule has 1 fully saturated rings. The fourth-order valence-corrected chi connectivity index (χ4v) is 0.911. The Labute approximate surface area is 61.2 Å². The van der Waals surface area contributed by atoms with Crippen LogP contribution in [-0.2, 0) is 4.79 Å². The molecule has 0 aliphatic carbocycles. The van der Waals surface area contributed by atoms with Crippen LogP contribution in [-0.4, -0.2) is 23.8 Å². The summed E-state index contributed by atoms with van der Waals surface area (Å²) in [7, 11) is 0. The minimum Gasteiger partial charge on any atom is -0.292 e. The number of hydrogen-bond acceptors (Lipinski definition) is 5. The van der Waals surface area contributed by atoms with E-state index in [4.69, 9.17) is 0 Å². The van der Waals surface area contributed by atoms with Crippen molar-refractivity contribution in [3.05, 3.63) is 0 Å². The first-order valence-corrected chi connectivity index (χ1v) is 2.97. The molecular formula is C4H5N5O2. The number of nitrogens with one attached hydrogen (secondary N) is 4. The predicted molar refractivity (Wildman–Crippen MR) is 34.2 cm³/mol. The molecule has 0 spiro atoms. The van der Waals surface area contributed by atoms with Crippen molar-refractivity contribution < 1.29 is 9.59 Å². The van der Waals surface area contributed by atoms with Crippen LogP contribution in [0.4, 0.5) is 4.79 Å². The molecule has 7 nitrogen and oxygen atoms in total. The molecule has 2 aliphatic heterocycles. The Morgan fingerprint density at radius 1 is 1.27 bits per heavy atom. The molecule has 0 aromatic heterocycles. The molecule has 58 valence electrons. The molecule has 0 unspecified atom stereocenters. The molecule has 0 saturated carbocycles. The molecule has 0 aromatic carbocycles. The predicted octanol–water partition coefficient (Wildman–Crippen LogP) is -2.38. The normalized spacial score (nSPS) is 28.0. The van der Waals surface area contributed by atoms with Crippen molar-refractivity contribution in [3.8, 4) is 0 Å². The Hall–Kier alpha value is -1.63. The second-order valence-electron chi connectivity index (χ2n) is 2.13. The molecule has 0 bridgehead atoms. The van der Waals surface area contributed by atoms with Crippen LogP contribution in [0.3, 0.4) is 0 Å². The molecule has 0 radical (unpaired) electrons. The van der Waals surface area contributed by atoms with Gasteiger partial charge in [0.15, 0.2) is 11.9 Å². The van der Waals surface area contributed by atoms with Gasteiger partial charge in [-0.25, -0.2) is 15.8 Å². The minimum atomic E-state index is -0.576. The number of amides is 3. The molecule has 11 heavy (non-hydrogen) atoms. The Balaban J connectivity index is 2.26. The molecule has 0 aromatic rings. The molecule has 2 aliphatic rings. The average Bonchev–Trinajstić information content (AvgIpc) is 2.34. The maximum absolute atomic E-state index is 10.9. The van der Waals surface area contributed by atoms with Crippen molar-refractivity contribution in [2.45, 2.75) is 6.04 Å². The van der Waals surface area contributed by atoms with Crippen molar-refractivity contribution in [3.63, 3.8) is 0 Å². The highest BCUT2D eigenvalue weighted by Crippen LogP contribution is 1.96. The van der Waals surface area contributed by atoms with Gasteiger partial charge in [0, 0.05) is 0 Å². The minimum absolute atomic E-state index is 0.304. The van der Waals surface area contributed by atoms with Crippen molar-refractivity contribution in [1.29, 1.82) is 0 Å². The first-order chi connectivity index (χ1) is 5.27. The summed E-state index contributed by atoms with van der Waals surface area (Å²) in [5.74, 6) is -0.101. The molecule has 2 rings (SSSR count). The second-order valence-corrected chi connectivity index (χ2v) is 2.13. The van der Waals surface area contributed by atoms with Crippen molar-refractivity contribution in [1.82, 2.24) is 21.6 Å². The molecule has 7 heteroatoms. The van der Waals surface area contributed by atoms with Crippen molar-refractivity contribution >= 4 is 17.8 Å². The first-order valence-electron chi connectivity index (χ1n) is 2.97. The number of hydrazone groups is 1. The highest BCUT2D eigenvalue weighted by atomic mass is 16.2. The van der Waals surface area contributed by atoms with Gasteiger partial charge in [-0.15, -0.1) is 5.10 Å². The Morgan fingerprint density at radius 3 is 2.91 bits per heavy atom. The number of hydrazine groups is 1. The number of rotatable bonds is 0. The third-order valence-electron chi connectivity index (χ3n) is 1.40. The third-order valence-corrected chi connectivity index (χ3v) is 1.40. The number of imide groups is 1. The fraction of sp³-hybridized carbons (Fsp3) is 0.250. The Morgan fingerprint density at radius 2 is 2.09 bits per heavy atom. The maximum atomic E-state index is 10.9. The number of nitrogens with zero attached hydrogens (tertiary/aromatic N) is 1. The number of hydrogen-bond donors (Lipinski definition) is 4. The largest absolute Gasteiger partial charge is 0.326 e. The van der Waals surface area contributed by atoms with Crippen LogP contribution in [0.2, 0.25) is 0 Å². The smallest absolute Gasteiger partial charge is 0.292 e. The number of carbonyl (C=O) groups excluding carboxylic acids is 2. The van der Waals surface area contributed by atoms with Crippen LogP contribution in [0.25, 0.3) is 0 Å².